The molecule has 4 atom stereocenters. The number of hydrogen-bond acceptors (Lipinski definition) is 4. The van der Waals surface area contributed by atoms with Gasteiger partial charge in [-0.25, -0.2) is 9.18 Å². The van der Waals surface area contributed by atoms with Gasteiger partial charge in [-0.05, 0) is 46.0 Å². The Morgan fingerprint density at radius 3 is 2.80 bits per heavy atom. The maximum absolute atomic E-state index is 13.6. The van der Waals surface area contributed by atoms with Gasteiger partial charge < -0.3 is 10.4 Å². The van der Waals surface area contributed by atoms with Crippen molar-refractivity contribution in [3.63, 3.8) is 0 Å². The molecule has 140 valence electrons. The van der Waals surface area contributed by atoms with Crippen LogP contribution in [0.4, 0.5) is 10.1 Å². The van der Waals surface area contributed by atoms with Gasteiger partial charge in [0, 0.05) is 6.04 Å². The number of halogens is 2. The van der Waals surface area contributed by atoms with Crippen LogP contribution in [-0.4, -0.2) is 26.9 Å². The van der Waals surface area contributed by atoms with E-state index in [-0.39, 0.29) is 15.9 Å². The summed E-state index contributed by atoms with van der Waals surface area (Å²) >= 11 is 3.15. The third-order valence-electron chi connectivity index (χ3n) is 5.37. The number of carboxylic acid groups (broad SMARTS) is 1. The number of aromatic nitrogens is 2. The summed E-state index contributed by atoms with van der Waals surface area (Å²) in [6.07, 6.45) is 1.92. The van der Waals surface area contributed by atoms with Gasteiger partial charge in [0.2, 0.25) is 0 Å². The van der Waals surface area contributed by atoms with E-state index >= 15 is 0 Å². The molecule has 1 aliphatic rings. The molecule has 0 amide bonds. The van der Waals surface area contributed by atoms with Gasteiger partial charge in [0.1, 0.15) is 4.47 Å². The Balaban J connectivity index is 2.25. The van der Waals surface area contributed by atoms with E-state index < -0.39 is 17.8 Å². The van der Waals surface area contributed by atoms with Crippen LogP contribution in [0, 0.1) is 17.3 Å². The Morgan fingerprint density at radius 2 is 2.24 bits per heavy atom. The van der Waals surface area contributed by atoms with Crippen molar-refractivity contribution in [2.45, 2.75) is 59.3 Å². The summed E-state index contributed by atoms with van der Waals surface area (Å²) in [5.74, 6) is -0.785. The highest BCUT2D eigenvalue weighted by molar-refractivity contribution is 9.10. The Bertz CT molecular complexity index is 707. The molecule has 1 aliphatic carbocycles. The van der Waals surface area contributed by atoms with Gasteiger partial charge in [0.25, 0.3) is 11.9 Å². The van der Waals surface area contributed by atoms with Crippen molar-refractivity contribution in [2.24, 2.45) is 17.3 Å². The minimum Gasteiger partial charge on any atom is -0.478 e. The molecular formula is C17H25BrFN3O3. The highest BCUT2D eigenvalue weighted by atomic mass is 79.9. The fourth-order valence-corrected chi connectivity index (χ4v) is 4.33. The zero-order valence-corrected chi connectivity index (χ0v) is 16.5. The van der Waals surface area contributed by atoms with Crippen LogP contribution in [0.1, 0.15) is 53.3 Å². The van der Waals surface area contributed by atoms with E-state index in [1.165, 1.54) is 6.20 Å². The van der Waals surface area contributed by atoms with Gasteiger partial charge in [-0.1, -0.05) is 34.1 Å². The van der Waals surface area contributed by atoms with Crippen molar-refractivity contribution >= 4 is 27.6 Å². The van der Waals surface area contributed by atoms with Crippen LogP contribution >= 0.6 is 15.9 Å². The molecule has 0 aromatic carbocycles. The SMILES string of the molecule is CC[C@H]1C[C@@H](Nc2cnn(C(F)C(=O)O)c(=O)c2Br)C(C)CC1(C)C. The molecule has 0 spiro atoms. The maximum atomic E-state index is 13.6. The molecule has 8 heteroatoms. The quantitative estimate of drug-likeness (QED) is 0.760. The minimum atomic E-state index is -2.50. The Labute approximate surface area is 154 Å². The van der Waals surface area contributed by atoms with E-state index in [0.717, 1.165) is 19.3 Å². The number of hydrogen-bond donors (Lipinski definition) is 2. The van der Waals surface area contributed by atoms with E-state index in [2.05, 4.69) is 54.0 Å². The molecular weight excluding hydrogens is 393 g/mol. The predicted molar refractivity (Wildman–Crippen MR) is 97.3 cm³/mol. The van der Waals surface area contributed by atoms with Crippen molar-refractivity contribution < 1.29 is 14.3 Å². The summed E-state index contributed by atoms with van der Waals surface area (Å²) in [7, 11) is 0. The second kappa shape index (κ2) is 7.43. The molecule has 6 nitrogen and oxygen atoms in total. The van der Waals surface area contributed by atoms with E-state index in [4.69, 9.17) is 5.11 Å². The third kappa shape index (κ3) is 4.04. The molecule has 2 unspecified atom stereocenters. The number of rotatable bonds is 5. The average Bonchev–Trinajstić information content (AvgIpc) is 2.52. The van der Waals surface area contributed by atoms with Gasteiger partial charge in [0.05, 0.1) is 11.9 Å². The second-order valence-corrected chi connectivity index (χ2v) is 8.35. The number of nitrogens with zero attached hydrogens (tertiary/aromatic N) is 2. The molecule has 1 heterocycles. The fraction of sp³-hybridized carbons (Fsp3) is 0.706. The molecule has 0 saturated heterocycles. The molecule has 1 aromatic heterocycles. The predicted octanol–water partition coefficient (Wildman–Crippen LogP) is 3.82. The molecule has 0 bridgehead atoms. The van der Waals surface area contributed by atoms with Gasteiger partial charge in [-0.3, -0.25) is 4.79 Å². The van der Waals surface area contributed by atoms with Crippen LogP contribution in [-0.2, 0) is 4.79 Å². The van der Waals surface area contributed by atoms with Crippen molar-refractivity contribution in [1.29, 1.82) is 0 Å². The first-order valence-electron chi connectivity index (χ1n) is 8.49. The first-order chi connectivity index (χ1) is 11.6. The summed E-state index contributed by atoms with van der Waals surface area (Å²) in [4.78, 5) is 22.9. The topological polar surface area (TPSA) is 84.2 Å². The number of nitrogens with one attached hydrogen (secondary N) is 1. The summed E-state index contributed by atoms with van der Waals surface area (Å²) in [6, 6.07) is 0.173. The van der Waals surface area contributed by atoms with Crippen molar-refractivity contribution in [1.82, 2.24) is 9.78 Å². The van der Waals surface area contributed by atoms with Crippen molar-refractivity contribution in [3.8, 4) is 0 Å². The molecule has 0 aliphatic heterocycles. The molecule has 0 radical (unpaired) electrons. The summed E-state index contributed by atoms with van der Waals surface area (Å²) in [5, 5.41) is 15.7. The minimum absolute atomic E-state index is 0.0940. The lowest BCUT2D eigenvalue weighted by Gasteiger charge is -2.46. The standard InChI is InChI=1S/C17H25BrFN3O3/c1-5-10-6-11(9(2)7-17(10,3)4)21-12-8-20-22(14(19)16(24)25)15(23)13(12)18/h8-11,14,21H,5-7H2,1-4H3,(H,24,25)/t9?,10-,11+,14?/m0/s1. The fourth-order valence-electron chi connectivity index (χ4n) is 3.93. The largest absolute Gasteiger partial charge is 0.478 e. The summed E-state index contributed by atoms with van der Waals surface area (Å²) in [5.41, 5.74) is -0.0743. The van der Waals surface area contributed by atoms with Crippen molar-refractivity contribution in [2.75, 3.05) is 5.32 Å². The molecule has 1 saturated carbocycles. The normalized spacial score (nSPS) is 26.9. The molecule has 2 N–H and O–H groups in total. The number of aliphatic carboxylic acids is 1. The van der Waals surface area contributed by atoms with Crippen LogP contribution < -0.4 is 10.9 Å². The van der Waals surface area contributed by atoms with E-state index in [1.807, 2.05) is 0 Å². The molecule has 2 rings (SSSR count). The number of alkyl halides is 1. The molecule has 25 heavy (non-hydrogen) atoms. The van der Waals surface area contributed by atoms with E-state index in [9.17, 15) is 14.0 Å². The Morgan fingerprint density at radius 1 is 1.60 bits per heavy atom. The Hall–Kier alpha value is -1.44. The second-order valence-electron chi connectivity index (χ2n) is 7.56. The van der Waals surface area contributed by atoms with Crippen LogP contribution in [0.15, 0.2) is 15.5 Å². The molecule has 1 fully saturated rings. The zero-order valence-electron chi connectivity index (χ0n) is 14.9. The zero-order chi connectivity index (χ0) is 18.9. The highest BCUT2D eigenvalue weighted by Gasteiger charge is 2.39. The highest BCUT2D eigenvalue weighted by Crippen LogP contribution is 2.45. The smallest absolute Gasteiger partial charge is 0.361 e. The summed E-state index contributed by atoms with van der Waals surface area (Å²) < 4.78 is 14.0. The third-order valence-corrected chi connectivity index (χ3v) is 6.14. The van der Waals surface area contributed by atoms with Gasteiger partial charge in [0.15, 0.2) is 0 Å². The van der Waals surface area contributed by atoms with E-state index in [1.54, 1.807) is 0 Å². The van der Waals surface area contributed by atoms with Gasteiger partial charge >= 0.3 is 5.97 Å². The lowest BCUT2D eigenvalue weighted by molar-refractivity contribution is -0.147. The number of carbonyl (C=O) groups is 1. The monoisotopic (exact) mass is 417 g/mol. The van der Waals surface area contributed by atoms with Crippen LogP contribution in [0.3, 0.4) is 0 Å². The number of carboxylic acids is 1. The first-order valence-corrected chi connectivity index (χ1v) is 9.28. The maximum Gasteiger partial charge on any atom is 0.361 e. The van der Waals surface area contributed by atoms with Gasteiger partial charge in [-0.15, -0.1) is 0 Å². The van der Waals surface area contributed by atoms with Gasteiger partial charge in [-0.2, -0.15) is 9.78 Å². The molecule has 1 aromatic rings. The summed E-state index contributed by atoms with van der Waals surface area (Å²) in [6.45, 7) is 8.95. The van der Waals surface area contributed by atoms with Crippen LogP contribution in [0.25, 0.3) is 0 Å². The van der Waals surface area contributed by atoms with Crippen LogP contribution in [0.2, 0.25) is 0 Å². The first kappa shape index (κ1) is 19.9. The lowest BCUT2D eigenvalue weighted by Crippen LogP contribution is -2.43. The number of anilines is 1. The van der Waals surface area contributed by atoms with Crippen molar-refractivity contribution in [3.05, 3.63) is 21.0 Å². The Kier molecular flexibility index (Phi) is 5.91. The lowest BCUT2D eigenvalue weighted by atomic mass is 9.63. The van der Waals surface area contributed by atoms with E-state index in [0.29, 0.717) is 22.2 Å². The average molecular weight is 418 g/mol. The van der Waals surface area contributed by atoms with Crippen LogP contribution in [0.5, 0.6) is 0 Å².